The Morgan fingerprint density at radius 3 is 2.67 bits per heavy atom. The second-order valence-corrected chi connectivity index (χ2v) is 5.70. The molecule has 0 saturated carbocycles. The van der Waals surface area contributed by atoms with E-state index in [0.29, 0.717) is 16.5 Å². The van der Waals surface area contributed by atoms with Crippen LogP contribution in [-0.2, 0) is 6.42 Å². The molecule has 1 N–H and O–H groups in total. The summed E-state index contributed by atoms with van der Waals surface area (Å²) >= 11 is 11.9. The Balaban J connectivity index is 1.93. The molecular weight excluding hydrogens is 305 g/mol. The smallest absolute Gasteiger partial charge is 0.0836 e. The molecule has 0 aliphatic carbocycles. The zero-order valence-corrected chi connectivity index (χ0v) is 12.6. The summed E-state index contributed by atoms with van der Waals surface area (Å²) < 4.78 is 0. The van der Waals surface area contributed by atoms with Crippen LogP contribution >= 0.6 is 23.2 Å². The first-order chi connectivity index (χ1) is 10.1. The van der Waals surface area contributed by atoms with Gasteiger partial charge >= 0.3 is 0 Å². The molecular formula is C17H13Cl2NO. The lowest BCUT2D eigenvalue weighted by Gasteiger charge is -2.14. The van der Waals surface area contributed by atoms with Gasteiger partial charge in [-0.15, -0.1) is 0 Å². The molecule has 0 aliphatic heterocycles. The number of aromatic nitrogens is 1. The minimum atomic E-state index is -0.616. The highest BCUT2D eigenvalue weighted by molar-refractivity contribution is 6.42. The molecule has 2 nitrogen and oxygen atoms in total. The largest absolute Gasteiger partial charge is 0.388 e. The van der Waals surface area contributed by atoms with E-state index in [1.165, 1.54) is 0 Å². The maximum absolute atomic E-state index is 10.5. The topological polar surface area (TPSA) is 33.1 Å². The molecule has 3 rings (SSSR count). The van der Waals surface area contributed by atoms with E-state index in [9.17, 15) is 5.11 Å². The summed E-state index contributed by atoms with van der Waals surface area (Å²) in [5.41, 5.74) is 2.69. The minimum Gasteiger partial charge on any atom is -0.388 e. The maximum atomic E-state index is 10.5. The van der Waals surface area contributed by atoms with E-state index < -0.39 is 6.10 Å². The maximum Gasteiger partial charge on any atom is 0.0836 e. The Bertz CT molecular complexity index is 783. The molecule has 106 valence electrons. The standard InChI is InChI=1S/C17H13Cl2NO/c18-14-7-6-11(9-15(14)19)10-17(21)13-3-1-5-16-12(13)4-2-8-20-16/h1-9,17,21H,10H2. The molecule has 0 radical (unpaired) electrons. The monoisotopic (exact) mass is 317 g/mol. The lowest BCUT2D eigenvalue weighted by atomic mass is 9.98. The van der Waals surface area contributed by atoms with Crippen molar-refractivity contribution in [2.24, 2.45) is 0 Å². The molecule has 0 bridgehead atoms. The van der Waals surface area contributed by atoms with Crippen LogP contribution in [0.15, 0.2) is 54.7 Å². The van der Waals surface area contributed by atoms with Gasteiger partial charge in [0.15, 0.2) is 0 Å². The first-order valence-corrected chi connectivity index (χ1v) is 7.36. The zero-order chi connectivity index (χ0) is 14.8. The number of pyridine rings is 1. The Morgan fingerprint density at radius 1 is 1.00 bits per heavy atom. The van der Waals surface area contributed by atoms with Gasteiger partial charge < -0.3 is 5.11 Å². The first-order valence-electron chi connectivity index (χ1n) is 6.61. The van der Waals surface area contributed by atoms with Crippen molar-refractivity contribution in [2.75, 3.05) is 0 Å². The molecule has 1 heterocycles. The SMILES string of the molecule is OC(Cc1ccc(Cl)c(Cl)c1)c1cccc2ncccc12. The van der Waals surface area contributed by atoms with Crippen molar-refractivity contribution in [1.29, 1.82) is 0 Å². The Morgan fingerprint density at radius 2 is 1.86 bits per heavy atom. The summed E-state index contributed by atoms with van der Waals surface area (Å²) in [7, 11) is 0. The normalized spacial score (nSPS) is 12.5. The van der Waals surface area contributed by atoms with Crippen molar-refractivity contribution in [3.8, 4) is 0 Å². The molecule has 1 unspecified atom stereocenters. The third-order valence-electron chi connectivity index (χ3n) is 3.45. The summed E-state index contributed by atoms with van der Waals surface area (Å²) in [6.07, 6.45) is 1.61. The fourth-order valence-corrected chi connectivity index (χ4v) is 2.74. The average Bonchev–Trinajstić information content (AvgIpc) is 2.50. The van der Waals surface area contributed by atoms with Crippen molar-refractivity contribution in [2.45, 2.75) is 12.5 Å². The van der Waals surface area contributed by atoms with E-state index in [0.717, 1.165) is 22.0 Å². The molecule has 4 heteroatoms. The molecule has 1 atom stereocenters. The molecule has 3 aromatic rings. The van der Waals surface area contributed by atoms with Crippen LogP contribution in [0.1, 0.15) is 17.2 Å². The summed E-state index contributed by atoms with van der Waals surface area (Å²) in [5.74, 6) is 0. The van der Waals surface area contributed by atoms with Crippen molar-refractivity contribution in [3.05, 3.63) is 75.9 Å². The van der Waals surface area contributed by atoms with Gasteiger partial charge in [-0.2, -0.15) is 0 Å². The van der Waals surface area contributed by atoms with Crippen LogP contribution in [0.25, 0.3) is 10.9 Å². The van der Waals surface area contributed by atoms with Gasteiger partial charge in [-0.25, -0.2) is 0 Å². The van der Waals surface area contributed by atoms with E-state index in [-0.39, 0.29) is 0 Å². The van der Waals surface area contributed by atoms with E-state index in [1.54, 1.807) is 18.3 Å². The molecule has 0 spiro atoms. The van der Waals surface area contributed by atoms with Crippen molar-refractivity contribution >= 4 is 34.1 Å². The third kappa shape index (κ3) is 3.03. The number of benzene rings is 2. The van der Waals surface area contributed by atoms with Gasteiger partial charge in [-0.05, 0) is 35.4 Å². The van der Waals surface area contributed by atoms with Gasteiger partial charge in [0.05, 0.1) is 21.7 Å². The molecule has 1 aromatic heterocycles. The average molecular weight is 318 g/mol. The third-order valence-corrected chi connectivity index (χ3v) is 4.19. The molecule has 2 aromatic carbocycles. The number of hydrogen-bond donors (Lipinski definition) is 1. The van der Waals surface area contributed by atoms with Crippen LogP contribution in [0.5, 0.6) is 0 Å². The van der Waals surface area contributed by atoms with Gasteiger partial charge in [0.25, 0.3) is 0 Å². The molecule has 0 saturated heterocycles. The van der Waals surface area contributed by atoms with E-state index in [2.05, 4.69) is 4.98 Å². The quantitative estimate of drug-likeness (QED) is 0.751. The zero-order valence-electron chi connectivity index (χ0n) is 11.1. The van der Waals surface area contributed by atoms with Crippen molar-refractivity contribution in [3.63, 3.8) is 0 Å². The van der Waals surface area contributed by atoms with E-state index >= 15 is 0 Å². The Labute approximate surface area is 133 Å². The van der Waals surface area contributed by atoms with Crippen LogP contribution in [0.3, 0.4) is 0 Å². The number of aliphatic hydroxyl groups is 1. The fourth-order valence-electron chi connectivity index (χ4n) is 2.42. The minimum absolute atomic E-state index is 0.477. The Hall–Kier alpha value is -1.61. The molecule has 0 fully saturated rings. The number of rotatable bonds is 3. The fraction of sp³-hybridized carbons (Fsp3) is 0.118. The van der Waals surface area contributed by atoms with Gasteiger partial charge in [-0.1, -0.05) is 47.5 Å². The van der Waals surface area contributed by atoms with Gasteiger partial charge in [0.2, 0.25) is 0 Å². The van der Waals surface area contributed by atoms with Crippen LogP contribution < -0.4 is 0 Å². The van der Waals surface area contributed by atoms with Crippen LogP contribution in [0, 0.1) is 0 Å². The molecule has 21 heavy (non-hydrogen) atoms. The lowest BCUT2D eigenvalue weighted by Crippen LogP contribution is -2.03. The Kier molecular flexibility index (Phi) is 4.11. The van der Waals surface area contributed by atoms with E-state index in [1.807, 2.05) is 36.4 Å². The van der Waals surface area contributed by atoms with Crippen LogP contribution in [0.4, 0.5) is 0 Å². The number of hydrogen-bond acceptors (Lipinski definition) is 2. The first kappa shape index (κ1) is 14.3. The number of halogens is 2. The van der Waals surface area contributed by atoms with Gasteiger partial charge in [0, 0.05) is 18.0 Å². The van der Waals surface area contributed by atoms with Gasteiger partial charge in [0.1, 0.15) is 0 Å². The second-order valence-electron chi connectivity index (χ2n) is 4.89. The highest BCUT2D eigenvalue weighted by Gasteiger charge is 2.13. The number of fused-ring (bicyclic) bond motifs is 1. The van der Waals surface area contributed by atoms with Crippen molar-refractivity contribution in [1.82, 2.24) is 4.98 Å². The molecule has 0 amide bonds. The van der Waals surface area contributed by atoms with Crippen LogP contribution in [0.2, 0.25) is 10.0 Å². The summed E-state index contributed by atoms with van der Waals surface area (Å²) in [6, 6.07) is 15.0. The van der Waals surface area contributed by atoms with E-state index in [4.69, 9.17) is 23.2 Å². The summed E-state index contributed by atoms with van der Waals surface area (Å²) in [5, 5.41) is 12.5. The van der Waals surface area contributed by atoms with Crippen LogP contribution in [-0.4, -0.2) is 10.1 Å². The number of aliphatic hydroxyl groups excluding tert-OH is 1. The second kappa shape index (κ2) is 6.02. The van der Waals surface area contributed by atoms with Gasteiger partial charge in [-0.3, -0.25) is 4.98 Å². The predicted octanol–water partition coefficient (Wildman–Crippen LogP) is 4.82. The number of nitrogens with zero attached hydrogens (tertiary/aromatic N) is 1. The molecule has 0 aliphatic rings. The predicted molar refractivity (Wildman–Crippen MR) is 86.9 cm³/mol. The summed E-state index contributed by atoms with van der Waals surface area (Å²) in [4.78, 5) is 4.31. The lowest BCUT2D eigenvalue weighted by molar-refractivity contribution is 0.180. The van der Waals surface area contributed by atoms with Crippen molar-refractivity contribution < 1.29 is 5.11 Å². The highest BCUT2D eigenvalue weighted by atomic mass is 35.5. The summed E-state index contributed by atoms with van der Waals surface area (Å²) in [6.45, 7) is 0. The highest BCUT2D eigenvalue weighted by Crippen LogP contribution is 2.28.